The second-order valence-corrected chi connectivity index (χ2v) is 4.01. The molecule has 98 valence electrons. The quantitative estimate of drug-likeness (QED) is 0.718. The normalized spacial score (nSPS) is 9.83. The number of hydrogen-bond acceptors (Lipinski definition) is 4. The average molecular weight is 248 g/mol. The van der Waals surface area contributed by atoms with E-state index in [0.717, 1.165) is 43.0 Å². The van der Waals surface area contributed by atoms with Crippen molar-refractivity contribution in [3.8, 4) is 17.6 Å². The Morgan fingerprint density at radius 3 is 2.33 bits per heavy atom. The van der Waals surface area contributed by atoms with Crippen LogP contribution in [-0.2, 0) is 6.54 Å². The second kappa shape index (κ2) is 8.37. The molecule has 0 atom stereocenters. The highest BCUT2D eigenvalue weighted by atomic mass is 16.5. The van der Waals surface area contributed by atoms with Gasteiger partial charge in [-0.25, -0.2) is 0 Å². The number of nitrogens with one attached hydrogen (secondary N) is 1. The molecule has 0 heterocycles. The fourth-order valence-electron chi connectivity index (χ4n) is 1.66. The summed E-state index contributed by atoms with van der Waals surface area (Å²) in [6.45, 7) is 1.70. The molecule has 0 saturated carbocycles. The zero-order valence-electron chi connectivity index (χ0n) is 11.0. The van der Waals surface area contributed by atoms with E-state index in [1.54, 1.807) is 14.2 Å². The molecule has 0 fully saturated rings. The predicted octanol–water partition coefficient (Wildman–Crippen LogP) is 2.49. The molecule has 0 aromatic heterocycles. The number of hydrogen-bond donors (Lipinski definition) is 1. The molecular weight excluding hydrogens is 228 g/mol. The van der Waals surface area contributed by atoms with Crippen molar-refractivity contribution in [1.29, 1.82) is 5.26 Å². The third-order valence-corrected chi connectivity index (χ3v) is 2.63. The van der Waals surface area contributed by atoms with E-state index in [2.05, 4.69) is 11.4 Å². The first-order valence-electron chi connectivity index (χ1n) is 6.09. The van der Waals surface area contributed by atoms with Crippen molar-refractivity contribution in [3.05, 3.63) is 23.8 Å². The summed E-state index contributed by atoms with van der Waals surface area (Å²) in [4.78, 5) is 0. The van der Waals surface area contributed by atoms with Crippen LogP contribution in [0, 0.1) is 11.3 Å². The van der Waals surface area contributed by atoms with Crippen LogP contribution < -0.4 is 14.8 Å². The first kappa shape index (κ1) is 14.3. The maximum Gasteiger partial charge on any atom is 0.122 e. The van der Waals surface area contributed by atoms with E-state index in [4.69, 9.17) is 14.7 Å². The lowest BCUT2D eigenvalue weighted by molar-refractivity contribution is 0.393. The summed E-state index contributed by atoms with van der Waals surface area (Å²) in [5, 5.41) is 11.8. The Hall–Kier alpha value is -1.73. The minimum atomic E-state index is 0.634. The van der Waals surface area contributed by atoms with Crippen molar-refractivity contribution in [2.45, 2.75) is 25.8 Å². The van der Waals surface area contributed by atoms with E-state index in [1.807, 2.05) is 18.2 Å². The highest BCUT2D eigenvalue weighted by Crippen LogP contribution is 2.22. The fraction of sp³-hybridized carbons (Fsp3) is 0.500. The number of nitrogens with zero attached hydrogens (tertiary/aromatic N) is 1. The lowest BCUT2D eigenvalue weighted by Crippen LogP contribution is -2.14. The van der Waals surface area contributed by atoms with Crippen molar-refractivity contribution in [1.82, 2.24) is 5.32 Å². The van der Waals surface area contributed by atoms with E-state index in [-0.39, 0.29) is 0 Å². The molecule has 1 rings (SSSR count). The minimum Gasteiger partial charge on any atom is -0.497 e. The van der Waals surface area contributed by atoms with Crippen molar-refractivity contribution < 1.29 is 9.47 Å². The second-order valence-electron chi connectivity index (χ2n) is 4.01. The van der Waals surface area contributed by atoms with Crippen molar-refractivity contribution in [2.24, 2.45) is 0 Å². The Kier molecular flexibility index (Phi) is 6.67. The van der Waals surface area contributed by atoms with Crippen LogP contribution in [0.4, 0.5) is 0 Å². The summed E-state index contributed by atoms with van der Waals surface area (Å²) >= 11 is 0. The first-order chi connectivity index (χ1) is 8.80. The maximum absolute atomic E-state index is 8.42. The lowest BCUT2D eigenvalue weighted by Gasteiger charge is -2.09. The summed E-state index contributed by atoms with van der Waals surface area (Å²) in [6, 6.07) is 7.98. The minimum absolute atomic E-state index is 0.634. The molecule has 0 aliphatic heterocycles. The van der Waals surface area contributed by atoms with Crippen LogP contribution in [0.25, 0.3) is 0 Å². The SMILES string of the molecule is COc1cc(CNCCCCC#N)cc(OC)c1. The highest BCUT2D eigenvalue weighted by molar-refractivity contribution is 5.38. The lowest BCUT2D eigenvalue weighted by atomic mass is 10.2. The summed E-state index contributed by atoms with van der Waals surface area (Å²) in [7, 11) is 3.29. The van der Waals surface area contributed by atoms with Gasteiger partial charge in [-0.1, -0.05) is 0 Å². The van der Waals surface area contributed by atoms with E-state index >= 15 is 0 Å². The van der Waals surface area contributed by atoms with E-state index in [0.29, 0.717) is 6.42 Å². The van der Waals surface area contributed by atoms with Crippen LogP contribution >= 0.6 is 0 Å². The maximum atomic E-state index is 8.42. The Morgan fingerprint density at radius 1 is 1.11 bits per heavy atom. The summed E-state index contributed by atoms with van der Waals surface area (Å²) in [5.74, 6) is 1.60. The molecule has 1 aromatic rings. The summed E-state index contributed by atoms with van der Waals surface area (Å²) in [5.41, 5.74) is 1.13. The summed E-state index contributed by atoms with van der Waals surface area (Å²) < 4.78 is 10.4. The Bertz CT molecular complexity index is 377. The average Bonchev–Trinajstić information content (AvgIpc) is 2.42. The van der Waals surface area contributed by atoms with Crippen molar-refractivity contribution in [2.75, 3.05) is 20.8 Å². The summed E-state index contributed by atoms with van der Waals surface area (Å²) in [6.07, 6.45) is 2.61. The van der Waals surface area contributed by atoms with Gasteiger partial charge in [0.05, 0.1) is 20.3 Å². The molecular formula is C14H20N2O2. The Morgan fingerprint density at radius 2 is 1.78 bits per heavy atom. The van der Waals surface area contributed by atoms with Gasteiger partial charge < -0.3 is 14.8 Å². The van der Waals surface area contributed by atoms with Gasteiger partial charge in [-0.2, -0.15) is 5.26 Å². The van der Waals surface area contributed by atoms with E-state index < -0.39 is 0 Å². The smallest absolute Gasteiger partial charge is 0.122 e. The monoisotopic (exact) mass is 248 g/mol. The third kappa shape index (κ3) is 5.07. The molecule has 4 heteroatoms. The predicted molar refractivity (Wildman–Crippen MR) is 70.7 cm³/mol. The van der Waals surface area contributed by atoms with Gasteiger partial charge in [0.1, 0.15) is 11.5 Å². The largest absolute Gasteiger partial charge is 0.497 e. The van der Waals surface area contributed by atoms with Gasteiger partial charge in [0.15, 0.2) is 0 Å². The zero-order chi connectivity index (χ0) is 13.2. The van der Waals surface area contributed by atoms with Gasteiger partial charge in [0.25, 0.3) is 0 Å². The van der Waals surface area contributed by atoms with Gasteiger partial charge in [-0.05, 0) is 37.1 Å². The van der Waals surface area contributed by atoms with Gasteiger partial charge >= 0.3 is 0 Å². The topological polar surface area (TPSA) is 54.3 Å². The van der Waals surface area contributed by atoms with Crippen LogP contribution in [0.15, 0.2) is 18.2 Å². The van der Waals surface area contributed by atoms with Crippen LogP contribution in [-0.4, -0.2) is 20.8 Å². The van der Waals surface area contributed by atoms with Gasteiger partial charge in [0.2, 0.25) is 0 Å². The Balaban J connectivity index is 2.39. The fourth-order valence-corrected chi connectivity index (χ4v) is 1.66. The number of ether oxygens (including phenoxy) is 2. The molecule has 0 spiro atoms. The number of rotatable bonds is 8. The molecule has 0 radical (unpaired) electrons. The molecule has 0 aliphatic carbocycles. The van der Waals surface area contributed by atoms with Gasteiger partial charge in [0, 0.05) is 19.0 Å². The van der Waals surface area contributed by atoms with Gasteiger partial charge in [-0.15, -0.1) is 0 Å². The van der Waals surface area contributed by atoms with Crippen LogP contribution in [0.1, 0.15) is 24.8 Å². The standard InChI is InChI=1S/C14H20N2O2/c1-17-13-8-12(9-14(10-13)18-2)11-16-7-5-3-4-6-15/h8-10,16H,3-5,7,11H2,1-2H3. The molecule has 1 aromatic carbocycles. The molecule has 0 bridgehead atoms. The van der Waals surface area contributed by atoms with Crippen molar-refractivity contribution in [3.63, 3.8) is 0 Å². The molecule has 0 saturated heterocycles. The van der Waals surface area contributed by atoms with Crippen LogP contribution in [0.2, 0.25) is 0 Å². The highest BCUT2D eigenvalue weighted by Gasteiger charge is 2.01. The molecule has 18 heavy (non-hydrogen) atoms. The number of methoxy groups -OCH3 is 2. The van der Waals surface area contributed by atoms with Crippen molar-refractivity contribution >= 4 is 0 Å². The number of unbranched alkanes of at least 4 members (excludes halogenated alkanes) is 2. The molecule has 0 aliphatic rings. The molecule has 0 unspecified atom stereocenters. The van der Waals surface area contributed by atoms with Crippen LogP contribution in [0.3, 0.4) is 0 Å². The first-order valence-corrected chi connectivity index (χ1v) is 6.09. The van der Waals surface area contributed by atoms with Gasteiger partial charge in [-0.3, -0.25) is 0 Å². The number of benzene rings is 1. The Labute approximate surface area is 109 Å². The molecule has 4 nitrogen and oxygen atoms in total. The van der Waals surface area contributed by atoms with Crippen LogP contribution in [0.5, 0.6) is 11.5 Å². The zero-order valence-corrected chi connectivity index (χ0v) is 11.0. The molecule has 0 amide bonds. The van der Waals surface area contributed by atoms with E-state index in [1.165, 1.54) is 0 Å². The third-order valence-electron chi connectivity index (χ3n) is 2.63. The molecule has 1 N–H and O–H groups in total. The van der Waals surface area contributed by atoms with E-state index in [9.17, 15) is 0 Å². The number of nitriles is 1.